The van der Waals surface area contributed by atoms with Crippen LogP contribution in [0.2, 0.25) is 0 Å². The number of hydrogen-bond donors (Lipinski definition) is 1. The highest BCUT2D eigenvalue weighted by Crippen LogP contribution is 2.31. The number of carbonyl (C=O) groups is 1. The van der Waals surface area contributed by atoms with Crippen LogP contribution in [-0.4, -0.2) is 26.2 Å². The molecule has 2 amide bonds. The van der Waals surface area contributed by atoms with Crippen molar-refractivity contribution in [2.24, 2.45) is 0 Å². The van der Waals surface area contributed by atoms with Gasteiger partial charge in [-0.25, -0.2) is 4.79 Å². The number of urea groups is 1. The summed E-state index contributed by atoms with van der Waals surface area (Å²) < 4.78 is 0. The van der Waals surface area contributed by atoms with Crippen molar-refractivity contribution in [2.45, 2.75) is 19.9 Å². The van der Waals surface area contributed by atoms with E-state index in [0.29, 0.717) is 6.54 Å². The Morgan fingerprint density at radius 1 is 1.04 bits per heavy atom. The standard InChI is InChI=1S/C19H23N3O/c1-15-8-10-16(11-9-15)14-20-19(23)22-13-5-12-21(2)17-6-3-4-7-18(17)22/h3-4,6-11H,5,12-14H2,1-2H3,(H,20,23). The van der Waals surface area contributed by atoms with E-state index in [2.05, 4.69) is 54.5 Å². The van der Waals surface area contributed by atoms with Crippen LogP contribution in [0.1, 0.15) is 17.5 Å². The Balaban J connectivity index is 1.73. The Morgan fingerprint density at radius 3 is 2.48 bits per heavy atom. The SMILES string of the molecule is Cc1ccc(CNC(=O)N2CCCN(C)c3ccccc32)cc1. The minimum absolute atomic E-state index is 0.0340. The molecule has 1 aliphatic heterocycles. The molecule has 0 saturated heterocycles. The van der Waals surface area contributed by atoms with Gasteiger partial charge in [0.25, 0.3) is 0 Å². The Bertz CT molecular complexity index is 681. The number of fused-ring (bicyclic) bond motifs is 1. The number of nitrogens with one attached hydrogen (secondary N) is 1. The van der Waals surface area contributed by atoms with E-state index in [9.17, 15) is 4.79 Å². The molecule has 2 aromatic rings. The number of hydrogen-bond acceptors (Lipinski definition) is 2. The molecular formula is C19H23N3O. The van der Waals surface area contributed by atoms with E-state index in [-0.39, 0.29) is 6.03 Å². The van der Waals surface area contributed by atoms with E-state index < -0.39 is 0 Å². The van der Waals surface area contributed by atoms with Gasteiger partial charge in [-0.05, 0) is 31.0 Å². The summed E-state index contributed by atoms with van der Waals surface area (Å²) in [5, 5.41) is 3.04. The van der Waals surface area contributed by atoms with Gasteiger partial charge in [0.05, 0.1) is 11.4 Å². The lowest BCUT2D eigenvalue weighted by atomic mass is 10.1. The predicted octanol–water partition coefficient (Wildman–Crippen LogP) is 3.55. The van der Waals surface area contributed by atoms with Gasteiger partial charge in [0, 0.05) is 26.7 Å². The minimum atomic E-state index is -0.0340. The van der Waals surface area contributed by atoms with Crippen molar-refractivity contribution in [3.8, 4) is 0 Å². The van der Waals surface area contributed by atoms with Gasteiger partial charge in [-0.2, -0.15) is 0 Å². The molecule has 4 nitrogen and oxygen atoms in total. The lowest BCUT2D eigenvalue weighted by molar-refractivity contribution is 0.246. The van der Waals surface area contributed by atoms with Gasteiger partial charge in [0.2, 0.25) is 0 Å². The number of benzene rings is 2. The highest BCUT2D eigenvalue weighted by Gasteiger charge is 2.22. The fourth-order valence-corrected chi connectivity index (χ4v) is 2.91. The summed E-state index contributed by atoms with van der Waals surface area (Å²) in [5.74, 6) is 0. The molecule has 0 aliphatic carbocycles. The molecule has 0 fully saturated rings. The van der Waals surface area contributed by atoms with Crippen molar-refractivity contribution in [2.75, 3.05) is 29.9 Å². The first-order valence-electron chi connectivity index (χ1n) is 8.06. The molecular weight excluding hydrogens is 286 g/mol. The normalized spacial score (nSPS) is 14.2. The maximum atomic E-state index is 12.7. The second-order valence-corrected chi connectivity index (χ2v) is 6.06. The zero-order valence-electron chi connectivity index (χ0n) is 13.7. The molecule has 0 bridgehead atoms. The second kappa shape index (κ2) is 6.73. The van der Waals surface area contributed by atoms with E-state index in [1.807, 2.05) is 23.1 Å². The number of anilines is 2. The van der Waals surface area contributed by atoms with Crippen LogP contribution in [0.25, 0.3) is 0 Å². The summed E-state index contributed by atoms with van der Waals surface area (Å²) in [7, 11) is 2.08. The zero-order chi connectivity index (χ0) is 16.2. The van der Waals surface area contributed by atoms with Crippen LogP contribution in [0.4, 0.5) is 16.2 Å². The lowest BCUT2D eigenvalue weighted by Gasteiger charge is -2.24. The Morgan fingerprint density at radius 2 is 1.74 bits per heavy atom. The minimum Gasteiger partial charge on any atom is -0.373 e. The first kappa shape index (κ1) is 15.4. The van der Waals surface area contributed by atoms with Gasteiger partial charge in [-0.15, -0.1) is 0 Å². The van der Waals surface area contributed by atoms with Crippen molar-refractivity contribution < 1.29 is 4.79 Å². The first-order valence-corrected chi connectivity index (χ1v) is 8.06. The molecule has 1 heterocycles. The molecule has 0 atom stereocenters. The monoisotopic (exact) mass is 309 g/mol. The molecule has 120 valence electrons. The summed E-state index contributed by atoms with van der Waals surface area (Å²) >= 11 is 0. The number of para-hydroxylation sites is 2. The number of nitrogens with zero attached hydrogens (tertiary/aromatic N) is 2. The van der Waals surface area contributed by atoms with Crippen molar-refractivity contribution in [1.82, 2.24) is 5.32 Å². The molecule has 0 aromatic heterocycles. The fraction of sp³-hybridized carbons (Fsp3) is 0.316. The van der Waals surface area contributed by atoms with Crippen molar-refractivity contribution >= 4 is 17.4 Å². The van der Waals surface area contributed by atoms with Gasteiger partial charge in [0.1, 0.15) is 0 Å². The van der Waals surface area contributed by atoms with Crippen LogP contribution in [0.3, 0.4) is 0 Å². The predicted molar refractivity (Wildman–Crippen MR) is 95.1 cm³/mol. The quantitative estimate of drug-likeness (QED) is 0.921. The van der Waals surface area contributed by atoms with E-state index in [1.165, 1.54) is 5.56 Å². The van der Waals surface area contributed by atoms with Crippen LogP contribution in [-0.2, 0) is 6.54 Å². The Kier molecular flexibility index (Phi) is 4.51. The topological polar surface area (TPSA) is 35.6 Å². The molecule has 0 unspecified atom stereocenters. The van der Waals surface area contributed by atoms with Crippen LogP contribution in [0.5, 0.6) is 0 Å². The third-order valence-corrected chi connectivity index (χ3v) is 4.27. The molecule has 1 N–H and O–H groups in total. The molecule has 2 aromatic carbocycles. The summed E-state index contributed by atoms with van der Waals surface area (Å²) in [6.45, 7) is 4.31. The number of carbonyl (C=O) groups excluding carboxylic acids is 1. The van der Waals surface area contributed by atoms with E-state index >= 15 is 0 Å². The third-order valence-electron chi connectivity index (χ3n) is 4.27. The van der Waals surface area contributed by atoms with E-state index in [0.717, 1.165) is 36.4 Å². The zero-order valence-corrected chi connectivity index (χ0v) is 13.7. The van der Waals surface area contributed by atoms with Crippen LogP contribution < -0.4 is 15.1 Å². The third kappa shape index (κ3) is 3.47. The van der Waals surface area contributed by atoms with Crippen molar-refractivity contribution in [1.29, 1.82) is 0 Å². The van der Waals surface area contributed by atoms with Crippen LogP contribution >= 0.6 is 0 Å². The summed E-state index contributed by atoms with van der Waals surface area (Å²) in [5.41, 5.74) is 4.43. The summed E-state index contributed by atoms with van der Waals surface area (Å²) in [6, 6.07) is 16.3. The van der Waals surface area contributed by atoms with E-state index in [1.54, 1.807) is 0 Å². The molecule has 0 saturated carbocycles. The molecule has 23 heavy (non-hydrogen) atoms. The summed E-state index contributed by atoms with van der Waals surface area (Å²) in [4.78, 5) is 16.7. The fourth-order valence-electron chi connectivity index (χ4n) is 2.91. The lowest BCUT2D eigenvalue weighted by Crippen LogP contribution is -2.40. The van der Waals surface area contributed by atoms with Crippen molar-refractivity contribution in [3.05, 3.63) is 59.7 Å². The van der Waals surface area contributed by atoms with Crippen LogP contribution in [0, 0.1) is 6.92 Å². The number of amides is 2. The molecule has 3 rings (SSSR count). The van der Waals surface area contributed by atoms with Gasteiger partial charge in [-0.1, -0.05) is 42.0 Å². The highest BCUT2D eigenvalue weighted by atomic mass is 16.2. The maximum Gasteiger partial charge on any atom is 0.322 e. The molecule has 0 spiro atoms. The average molecular weight is 309 g/mol. The Labute approximate surface area is 137 Å². The number of rotatable bonds is 2. The summed E-state index contributed by atoms with van der Waals surface area (Å²) in [6.07, 6.45) is 0.961. The Hall–Kier alpha value is -2.49. The van der Waals surface area contributed by atoms with Gasteiger partial charge in [0.15, 0.2) is 0 Å². The highest BCUT2D eigenvalue weighted by molar-refractivity contribution is 5.96. The van der Waals surface area contributed by atoms with Crippen molar-refractivity contribution in [3.63, 3.8) is 0 Å². The smallest absolute Gasteiger partial charge is 0.322 e. The maximum absolute atomic E-state index is 12.7. The van der Waals surface area contributed by atoms with Crippen LogP contribution in [0.15, 0.2) is 48.5 Å². The van der Waals surface area contributed by atoms with Gasteiger partial charge < -0.3 is 10.2 Å². The molecule has 0 radical (unpaired) electrons. The van der Waals surface area contributed by atoms with Gasteiger partial charge >= 0.3 is 6.03 Å². The number of aryl methyl sites for hydroxylation is 1. The molecule has 1 aliphatic rings. The largest absolute Gasteiger partial charge is 0.373 e. The van der Waals surface area contributed by atoms with E-state index in [4.69, 9.17) is 0 Å². The second-order valence-electron chi connectivity index (χ2n) is 6.06. The average Bonchev–Trinajstić information content (AvgIpc) is 2.74. The first-order chi connectivity index (χ1) is 11.1. The van der Waals surface area contributed by atoms with Gasteiger partial charge in [-0.3, -0.25) is 4.90 Å². The molecule has 4 heteroatoms.